The lowest BCUT2D eigenvalue weighted by Crippen LogP contribution is -2.36. The number of anilines is 1. The van der Waals surface area contributed by atoms with E-state index in [4.69, 9.17) is 18.6 Å². The van der Waals surface area contributed by atoms with E-state index in [1.807, 2.05) is 6.08 Å². The number of fused-ring (bicyclic) bond motifs is 2. The zero-order chi connectivity index (χ0) is 22.2. The largest absolute Gasteiger partial charge is 0.444 e. The van der Waals surface area contributed by atoms with Crippen LogP contribution in [0.2, 0.25) is 0 Å². The van der Waals surface area contributed by atoms with Crippen LogP contribution in [0.15, 0.2) is 51.3 Å². The Morgan fingerprint density at radius 3 is 2.75 bits per heavy atom. The Morgan fingerprint density at radius 2 is 2.03 bits per heavy atom. The van der Waals surface area contributed by atoms with Gasteiger partial charge in [0.2, 0.25) is 0 Å². The molecule has 3 heterocycles. The summed E-state index contributed by atoms with van der Waals surface area (Å²) < 4.78 is 22.3. The number of rotatable bonds is 5. The number of hydrogen-bond donors (Lipinski definition) is 1. The molecule has 0 amide bonds. The van der Waals surface area contributed by atoms with Crippen molar-refractivity contribution < 1.29 is 18.6 Å². The number of ether oxygens (including phenoxy) is 3. The Kier molecular flexibility index (Phi) is 5.58. The lowest BCUT2D eigenvalue weighted by atomic mass is 9.86. The minimum absolute atomic E-state index is 0.0142. The number of methoxy groups -OCH3 is 3. The van der Waals surface area contributed by atoms with Crippen molar-refractivity contribution in [3.05, 3.63) is 69.3 Å². The van der Waals surface area contributed by atoms with Gasteiger partial charge in [-0.25, -0.2) is 4.98 Å². The van der Waals surface area contributed by atoms with Crippen molar-refractivity contribution in [2.75, 3.05) is 32.8 Å². The molecule has 2 aromatic rings. The molecule has 8 nitrogen and oxygen atoms in total. The van der Waals surface area contributed by atoms with Crippen LogP contribution in [0.1, 0.15) is 29.9 Å². The molecule has 0 saturated carbocycles. The molecule has 1 aliphatic heterocycles. The van der Waals surface area contributed by atoms with Gasteiger partial charge in [-0.1, -0.05) is 0 Å². The van der Waals surface area contributed by atoms with Crippen molar-refractivity contribution in [1.29, 1.82) is 0 Å². The second-order valence-electron chi connectivity index (χ2n) is 8.27. The van der Waals surface area contributed by atoms with Crippen LogP contribution in [0.4, 0.5) is 5.82 Å². The molecule has 0 bridgehead atoms. The summed E-state index contributed by atoms with van der Waals surface area (Å²) >= 11 is 0. The van der Waals surface area contributed by atoms with Crippen LogP contribution in [-0.4, -0.2) is 56.2 Å². The summed E-state index contributed by atoms with van der Waals surface area (Å²) in [4.78, 5) is 22.6. The third-order valence-electron chi connectivity index (χ3n) is 6.56. The smallest absolute Gasteiger partial charge is 0.191 e. The molecule has 0 saturated heterocycles. The summed E-state index contributed by atoms with van der Waals surface area (Å²) in [6.07, 6.45) is 11.1. The summed E-state index contributed by atoms with van der Waals surface area (Å²) in [5.41, 5.74) is 4.81. The van der Waals surface area contributed by atoms with Gasteiger partial charge in [-0.15, -0.1) is 0 Å². The standard InChI is InChI=1S/C24H27N3O5/c1-29-20-9-18-16(8-17(20)23-11-25-13-32-23)19(28)10-24(26-18)27-5-4-14-6-21(30-2)22(31-3)7-15(14)12-27/h6,8,10-13,20-22H,4-5,7,9H2,1-3H3,(H,26,28). The monoisotopic (exact) mass is 437 g/mol. The zero-order valence-electron chi connectivity index (χ0n) is 18.5. The number of nitrogens with zero attached hydrogens (tertiary/aromatic N) is 2. The van der Waals surface area contributed by atoms with Crippen LogP contribution in [-0.2, 0) is 20.6 Å². The van der Waals surface area contributed by atoms with E-state index < -0.39 is 0 Å². The van der Waals surface area contributed by atoms with Gasteiger partial charge in [-0.3, -0.25) is 4.79 Å². The van der Waals surface area contributed by atoms with E-state index in [1.54, 1.807) is 33.6 Å². The van der Waals surface area contributed by atoms with Crippen molar-refractivity contribution in [2.45, 2.75) is 37.6 Å². The Bertz CT molecular complexity index is 1140. The highest BCUT2D eigenvalue weighted by Gasteiger charge is 2.31. The summed E-state index contributed by atoms with van der Waals surface area (Å²) in [5, 5.41) is 0. The Balaban J connectivity index is 1.49. The number of aromatic nitrogens is 2. The number of pyridine rings is 1. The average Bonchev–Trinajstić information content (AvgIpc) is 3.36. The van der Waals surface area contributed by atoms with Gasteiger partial charge in [0.25, 0.3) is 0 Å². The lowest BCUT2D eigenvalue weighted by molar-refractivity contribution is -0.0141. The molecule has 0 spiro atoms. The first-order valence-corrected chi connectivity index (χ1v) is 10.7. The van der Waals surface area contributed by atoms with Crippen molar-refractivity contribution in [3.8, 4) is 0 Å². The molecule has 0 radical (unpaired) electrons. The highest BCUT2D eigenvalue weighted by molar-refractivity contribution is 5.84. The van der Waals surface area contributed by atoms with Crippen molar-refractivity contribution in [3.63, 3.8) is 0 Å². The first-order chi connectivity index (χ1) is 15.6. The first kappa shape index (κ1) is 20.9. The zero-order valence-corrected chi connectivity index (χ0v) is 18.5. The minimum Gasteiger partial charge on any atom is -0.444 e. The first-order valence-electron chi connectivity index (χ1n) is 10.7. The van der Waals surface area contributed by atoms with Gasteiger partial charge >= 0.3 is 0 Å². The molecule has 5 rings (SSSR count). The van der Waals surface area contributed by atoms with Gasteiger partial charge in [0.15, 0.2) is 17.6 Å². The molecule has 0 fully saturated rings. The molecule has 3 unspecified atom stereocenters. The second kappa shape index (κ2) is 8.54. The second-order valence-corrected chi connectivity index (χ2v) is 8.27. The van der Waals surface area contributed by atoms with Gasteiger partial charge in [0.05, 0.1) is 18.4 Å². The van der Waals surface area contributed by atoms with Crippen LogP contribution >= 0.6 is 0 Å². The van der Waals surface area contributed by atoms with E-state index in [-0.39, 0.29) is 23.7 Å². The van der Waals surface area contributed by atoms with E-state index in [1.165, 1.54) is 17.5 Å². The molecule has 2 aliphatic carbocycles. The van der Waals surface area contributed by atoms with Crippen LogP contribution in [0.25, 0.3) is 11.6 Å². The van der Waals surface area contributed by atoms with E-state index in [2.05, 4.69) is 27.1 Å². The normalized spacial score (nSPS) is 24.9. The summed E-state index contributed by atoms with van der Waals surface area (Å²) in [7, 11) is 5.09. The van der Waals surface area contributed by atoms with Gasteiger partial charge < -0.3 is 28.5 Å². The topological polar surface area (TPSA) is 89.8 Å². The van der Waals surface area contributed by atoms with Gasteiger partial charge in [-0.2, -0.15) is 0 Å². The van der Waals surface area contributed by atoms with Crippen molar-refractivity contribution in [1.82, 2.24) is 9.97 Å². The number of nitrogens with one attached hydrogen (secondary N) is 1. The third-order valence-corrected chi connectivity index (χ3v) is 6.56. The quantitative estimate of drug-likeness (QED) is 0.769. The minimum atomic E-state index is -0.220. The number of H-pyrrole nitrogens is 1. The number of aromatic amines is 1. The SMILES string of the molecule is COC1Cc2[nH]c(N3C=C4CC(OC)C(OC)C=C4CC3)cc(=O)c2C=C1c1cnco1. The summed E-state index contributed by atoms with van der Waals surface area (Å²) in [5.74, 6) is 1.40. The fourth-order valence-electron chi connectivity index (χ4n) is 4.80. The molecule has 2 aromatic heterocycles. The van der Waals surface area contributed by atoms with E-state index in [0.717, 1.165) is 36.5 Å². The maximum atomic E-state index is 13.1. The van der Waals surface area contributed by atoms with Gasteiger partial charge in [-0.05, 0) is 29.7 Å². The predicted molar refractivity (Wildman–Crippen MR) is 120 cm³/mol. The van der Waals surface area contributed by atoms with E-state index >= 15 is 0 Å². The molecule has 0 aromatic carbocycles. The Labute approximate surface area is 186 Å². The fourth-order valence-corrected chi connectivity index (χ4v) is 4.80. The van der Waals surface area contributed by atoms with Crippen LogP contribution in [0.5, 0.6) is 0 Å². The maximum absolute atomic E-state index is 13.1. The third kappa shape index (κ3) is 3.64. The van der Waals surface area contributed by atoms with Gasteiger partial charge in [0.1, 0.15) is 11.9 Å². The Morgan fingerprint density at radius 1 is 1.16 bits per heavy atom. The predicted octanol–water partition coefficient (Wildman–Crippen LogP) is 2.93. The fraction of sp³-hybridized carbons (Fsp3) is 0.417. The number of oxazole rings is 1. The number of hydrogen-bond acceptors (Lipinski definition) is 7. The summed E-state index contributed by atoms with van der Waals surface area (Å²) in [6.45, 7) is 0.783. The highest BCUT2D eigenvalue weighted by atomic mass is 16.5. The molecule has 3 atom stereocenters. The molecule has 32 heavy (non-hydrogen) atoms. The van der Waals surface area contributed by atoms with Crippen LogP contribution in [0, 0.1) is 0 Å². The molecular weight excluding hydrogens is 410 g/mol. The molecule has 3 aliphatic rings. The van der Waals surface area contributed by atoms with E-state index in [9.17, 15) is 4.79 Å². The van der Waals surface area contributed by atoms with Crippen molar-refractivity contribution in [2.24, 2.45) is 0 Å². The highest BCUT2D eigenvalue weighted by Crippen LogP contribution is 2.35. The molecule has 1 N–H and O–H groups in total. The van der Waals surface area contributed by atoms with E-state index in [0.29, 0.717) is 17.7 Å². The van der Waals surface area contributed by atoms with Crippen LogP contribution in [0.3, 0.4) is 0 Å². The Hall–Kier alpha value is -2.94. The average molecular weight is 437 g/mol. The molecular formula is C24H27N3O5. The van der Waals surface area contributed by atoms with Crippen LogP contribution < -0.4 is 10.3 Å². The summed E-state index contributed by atoms with van der Waals surface area (Å²) in [6, 6.07) is 1.67. The van der Waals surface area contributed by atoms with Gasteiger partial charge in [0, 0.05) is 69.8 Å². The van der Waals surface area contributed by atoms with Crippen molar-refractivity contribution >= 4 is 17.5 Å². The molecule has 8 heteroatoms. The molecule has 168 valence electrons. The lowest BCUT2D eigenvalue weighted by Gasteiger charge is -2.35. The maximum Gasteiger partial charge on any atom is 0.191 e.